The second-order valence-electron chi connectivity index (χ2n) is 5.29. The molecule has 2 rings (SSSR count). The van der Waals surface area contributed by atoms with Crippen LogP contribution in [0.3, 0.4) is 0 Å². The number of amides is 1. The first-order valence-corrected chi connectivity index (χ1v) is 8.49. The lowest BCUT2D eigenvalue weighted by molar-refractivity contribution is 0.0643. The van der Waals surface area contributed by atoms with Crippen molar-refractivity contribution < 1.29 is 4.79 Å². The van der Waals surface area contributed by atoms with Gasteiger partial charge in [-0.15, -0.1) is 0 Å². The molecule has 0 aliphatic carbocycles. The first-order valence-electron chi connectivity index (χ1n) is 7.67. The smallest absolute Gasteiger partial charge is 0.267 e. The predicted molar refractivity (Wildman–Crippen MR) is 87.9 cm³/mol. The monoisotopic (exact) mass is 311 g/mol. The van der Waals surface area contributed by atoms with Gasteiger partial charge < -0.3 is 16.0 Å². The van der Waals surface area contributed by atoms with Crippen LogP contribution in [0.25, 0.3) is 0 Å². The van der Waals surface area contributed by atoms with Gasteiger partial charge in [-0.3, -0.25) is 9.69 Å². The molecule has 21 heavy (non-hydrogen) atoms. The average Bonchev–Trinajstić information content (AvgIpc) is 2.86. The maximum absolute atomic E-state index is 12.5. The van der Waals surface area contributed by atoms with Crippen molar-refractivity contribution in [2.24, 2.45) is 0 Å². The summed E-state index contributed by atoms with van der Waals surface area (Å²) in [7, 11) is 0. The van der Waals surface area contributed by atoms with Gasteiger partial charge in [0.25, 0.3) is 5.91 Å². The summed E-state index contributed by atoms with van der Waals surface area (Å²) in [5.74, 6) is 0.366. The lowest BCUT2D eigenvalue weighted by Gasteiger charge is -2.34. The fourth-order valence-electron chi connectivity index (χ4n) is 2.43. The van der Waals surface area contributed by atoms with Crippen LogP contribution in [-0.4, -0.2) is 60.0 Å². The van der Waals surface area contributed by atoms with Crippen molar-refractivity contribution in [3.05, 3.63) is 4.88 Å². The quantitative estimate of drug-likeness (QED) is 0.836. The molecule has 0 saturated carbocycles. The summed E-state index contributed by atoms with van der Waals surface area (Å²) in [4.78, 5) is 21.6. The number of carbonyl (C=O) groups excluding carboxylic acids is 1. The fraction of sp³-hybridized carbons (Fsp3) is 0.714. The van der Waals surface area contributed by atoms with E-state index in [9.17, 15) is 4.79 Å². The number of piperazine rings is 1. The molecule has 3 N–H and O–H groups in total. The Morgan fingerprint density at radius 1 is 1.29 bits per heavy atom. The standard InChI is InChI=1S/C14H25N5OS/c1-3-5-16-14-17-12(15)11(21-14)13(20)19-9-7-18(6-4-2)8-10-19/h3-10,15H2,1-2H3,(H,16,17). The molecule has 7 heteroatoms. The second kappa shape index (κ2) is 7.61. The second-order valence-corrected chi connectivity index (χ2v) is 6.29. The van der Waals surface area contributed by atoms with Gasteiger partial charge in [0.15, 0.2) is 5.13 Å². The van der Waals surface area contributed by atoms with Crippen molar-refractivity contribution in [3.8, 4) is 0 Å². The first kappa shape index (κ1) is 16.0. The minimum atomic E-state index is 0.0192. The van der Waals surface area contributed by atoms with Crippen LogP contribution in [0.5, 0.6) is 0 Å². The lowest BCUT2D eigenvalue weighted by atomic mass is 10.3. The van der Waals surface area contributed by atoms with E-state index in [1.807, 2.05) is 4.90 Å². The topological polar surface area (TPSA) is 74.5 Å². The normalized spacial score (nSPS) is 16.2. The number of aromatic nitrogens is 1. The Kier molecular flexibility index (Phi) is 5.81. The molecule has 1 fully saturated rings. The summed E-state index contributed by atoms with van der Waals surface area (Å²) < 4.78 is 0. The van der Waals surface area contributed by atoms with Gasteiger partial charge in [0.2, 0.25) is 0 Å². The summed E-state index contributed by atoms with van der Waals surface area (Å²) >= 11 is 1.36. The molecule has 1 aromatic heterocycles. The van der Waals surface area contributed by atoms with Crippen molar-refractivity contribution in [1.29, 1.82) is 0 Å². The van der Waals surface area contributed by atoms with Crippen LogP contribution in [0.4, 0.5) is 10.9 Å². The summed E-state index contributed by atoms with van der Waals surface area (Å²) in [6.07, 6.45) is 2.17. The zero-order chi connectivity index (χ0) is 15.2. The molecular weight excluding hydrogens is 286 g/mol. The Bertz CT molecular complexity index is 468. The average molecular weight is 311 g/mol. The number of thiazole rings is 1. The molecule has 0 spiro atoms. The Morgan fingerprint density at radius 3 is 2.62 bits per heavy atom. The first-order chi connectivity index (χ1) is 10.2. The molecule has 1 amide bonds. The molecular formula is C14H25N5OS. The van der Waals surface area contributed by atoms with Gasteiger partial charge in [-0.2, -0.15) is 0 Å². The highest BCUT2D eigenvalue weighted by Gasteiger charge is 2.25. The number of hydrogen-bond acceptors (Lipinski definition) is 6. The van der Waals surface area contributed by atoms with E-state index < -0.39 is 0 Å². The number of nitrogens with zero attached hydrogens (tertiary/aromatic N) is 3. The van der Waals surface area contributed by atoms with Gasteiger partial charge in [-0.25, -0.2) is 4.98 Å². The minimum absolute atomic E-state index is 0.0192. The third-order valence-electron chi connectivity index (χ3n) is 3.57. The maximum atomic E-state index is 12.5. The number of nitrogens with two attached hydrogens (primary N) is 1. The van der Waals surface area contributed by atoms with Gasteiger partial charge in [-0.1, -0.05) is 25.2 Å². The molecule has 1 aliphatic heterocycles. The third kappa shape index (κ3) is 4.07. The largest absolute Gasteiger partial charge is 0.382 e. The van der Waals surface area contributed by atoms with E-state index >= 15 is 0 Å². The predicted octanol–water partition coefficient (Wildman–Crippen LogP) is 1.72. The molecule has 0 unspecified atom stereocenters. The third-order valence-corrected chi connectivity index (χ3v) is 4.59. The van der Waals surface area contributed by atoms with Crippen molar-refractivity contribution in [2.45, 2.75) is 26.7 Å². The molecule has 118 valence electrons. The molecule has 0 aromatic carbocycles. The minimum Gasteiger partial charge on any atom is -0.382 e. The number of anilines is 2. The van der Waals surface area contributed by atoms with E-state index in [0.29, 0.717) is 10.7 Å². The van der Waals surface area contributed by atoms with E-state index in [1.54, 1.807) is 0 Å². The van der Waals surface area contributed by atoms with Crippen molar-refractivity contribution in [3.63, 3.8) is 0 Å². The molecule has 6 nitrogen and oxygen atoms in total. The molecule has 0 radical (unpaired) electrons. The van der Waals surface area contributed by atoms with Crippen molar-refractivity contribution in [2.75, 3.05) is 50.3 Å². The van der Waals surface area contributed by atoms with Crippen molar-refractivity contribution in [1.82, 2.24) is 14.8 Å². The molecule has 1 saturated heterocycles. The summed E-state index contributed by atoms with van der Waals surface area (Å²) in [6, 6.07) is 0. The van der Waals surface area contributed by atoms with Crippen LogP contribution in [0.1, 0.15) is 36.4 Å². The Morgan fingerprint density at radius 2 is 2.00 bits per heavy atom. The highest BCUT2D eigenvalue weighted by atomic mass is 32.1. The summed E-state index contributed by atoms with van der Waals surface area (Å²) in [5, 5.41) is 3.92. The highest BCUT2D eigenvalue weighted by molar-refractivity contribution is 7.18. The number of nitrogen functional groups attached to an aromatic ring is 1. The fourth-order valence-corrected chi connectivity index (χ4v) is 3.31. The number of hydrogen-bond donors (Lipinski definition) is 2. The van der Waals surface area contributed by atoms with Crippen LogP contribution in [0.15, 0.2) is 0 Å². The van der Waals surface area contributed by atoms with E-state index in [1.165, 1.54) is 11.3 Å². The molecule has 0 atom stereocenters. The molecule has 1 aromatic rings. The lowest BCUT2D eigenvalue weighted by Crippen LogP contribution is -2.48. The molecule has 1 aliphatic rings. The highest BCUT2D eigenvalue weighted by Crippen LogP contribution is 2.26. The van der Waals surface area contributed by atoms with Gasteiger partial charge in [0.1, 0.15) is 10.7 Å². The number of nitrogens with one attached hydrogen (secondary N) is 1. The Hall–Kier alpha value is -1.34. The van der Waals surface area contributed by atoms with Crippen LogP contribution in [0.2, 0.25) is 0 Å². The maximum Gasteiger partial charge on any atom is 0.267 e. The van der Waals surface area contributed by atoms with Gasteiger partial charge in [0.05, 0.1) is 0 Å². The molecule has 2 heterocycles. The Balaban J connectivity index is 1.95. The van der Waals surface area contributed by atoms with Crippen LogP contribution < -0.4 is 11.1 Å². The zero-order valence-electron chi connectivity index (χ0n) is 12.9. The van der Waals surface area contributed by atoms with Crippen LogP contribution in [0, 0.1) is 0 Å². The van der Waals surface area contributed by atoms with E-state index in [4.69, 9.17) is 5.73 Å². The van der Waals surface area contributed by atoms with E-state index in [2.05, 4.69) is 29.0 Å². The number of rotatable bonds is 6. The van der Waals surface area contributed by atoms with E-state index in [-0.39, 0.29) is 5.91 Å². The molecule has 0 bridgehead atoms. The zero-order valence-corrected chi connectivity index (χ0v) is 13.7. The van der Waals surface area contributed by atoms with Crippen LogP contribution in [-0.2, 0) is 0 Å². The number of carbonyl (C=O) groups is 1. The van der Waals surface area contributed by atoms with Crippen molar-refractivity contribution >= 4 is 28.2 Å². The van der Waals surface area contributed by atoms with Gasteiger partial charge in [-0.05, 0) is 19.4 Å². The summed E-state index contributed by atoms with van der Waals surface area (Å²) in [6.45, 7) is 9.65. The van der Waals surface area contributed by atoms with E-state index in [0.717, 1.165) is 57.2 Å². The van der Waals surface area contributed by atoms with Gasteiger partial charge in [0, 0.05) is 32.7 Å². The Labute approximate surface area is 130 Å². The SMILES string of the molecule is CCCNc1nc(N)c(C(=O)N2CCN(CCC)CC2)s1. The summed E-state index contributed by atoms with van der Waals surface area (Å²) in [5.41, 5.74) is 5.90. The van der Waals surface area contributed by atoms with Crippen LogP contribution >= 0.6 is 11.3 Å². The van der Waals surface area contributed by atoms with Gasteiger partial charge >= 0.3 is 0 Å².